The van der Waals surface area contributed by atoms with Crippen LogP contribution in [-0.2, 0) is 0 Å². The highest BCUT2D eigenvalue weighted by Gasteiger charge is 2.21. The Hall–Kier alpha value is -1.86. The van der Waals surface area contributed by atoms with E-state index in [1.165, 1.54) is 38.3 Å². The molecule has 0 radical (unpaired) electrons. The number of halogens is 1. The van der Waals surface area contributed by atoms with E-state index in [9.17, 15) is 4.39 Å². The van der Waals surface area contributed by atoms with Crippen molar-refractivity contribution >= 4 is 11.6 Å². The number of guanidine groups is 1. The Morgan fingerprint density at radius 2 is 1.62 bits per heavy atom. The minimum Gasteiger partial charge on any atom is -0.368 e. The number of nitrogens with one attached hydrogen (secondary N) is 1. The first kappa shape index (κ1) is 21.8. The van der Waals surface area contributed by atoms with Crippen LogP contribution in [0, 0.1) is 11.7 Å². The second-order valence-electron chi connectivity index (χ2n) is 8.22. The molecule has 1 N–H and O–H groups in total. The van der Waals surface area contributed by atoms with Gasteiger partial charge in [0, 0.05) is 78.2 Å². The van der Waals surface area contributed by atoms with Crippen LogP contribution in [0.1, 0.15) is 13.8 Å². The van der Waals surface area contributed by atoms with E-state index < -0.39 is 0 Å². The first-order valence-corrected chi connectivity index (χ1v) is 11.0. The Morgan fingerprint density at radius 3 is 2.21 bits per heavy atom. The lowest BCUT2D eigenvalue weighted by atomic mass is 10.1. The standard InChI is InChI=1S/C22H37FN6/c1-4-26-9-11-27(12-10-26)18-19(2)17-25-22(24-3)29-15-13-28(14-16-29)21-7-5-20(23)6-8-21/h5-8,19H,4,9-18H2,1-3H3,(H,24,25). The molecule has 2 saturated heterocycles. The average molecular weight is 405 g/mol. The van der Waals surface area contributed by atoms with Crippen molar-refractivity contribution in [1.82, 2.24) is 20.0 Å². The van der Waals surface area contributed by atoms with Gasteiger partial charge in [-0.1, -0.05) is 13.8 Å². The van der Waals surface area contributed by atoms with E-state index in [0.29, 0.717) is 5.92 Å². The van der Waals surface area contributed by atoms with Gasteiger partial charge in [0.15, 0.2) is 5.96 Å². The van der Waals surface area contributed by atoms with Gasteiger partial charge < -0.3 is 24.9 Å². The van der Waals surface area contributed by atoms with Gasteiger partial charge in [0.05, 0.1) is 0 Å². The van der Waals surface area contributed by atoms with Crippen molar-refractivity contribution in [3.63, 3.8) is 0 Å². The van der Waals surface area contributed by atoms with Gasteiger partial charge in [-0.25, -0.2) is 4.39 Å². The molecule has 1 atom stereocenters. The Kier molecular flexibility index (Phi) is 8.12. The number of hydrogen-bond donors (Lipinski definition) is 1. The number of piperazine rings is 2. The van der Waals surface area contributed by atoms with E-state index in [-0.39, 0.29) is 5.82 Å². The number of rotatable bonds is 6. The molecule has 29 heavy (non-hydrogen) atoms. The van der Waals surface area contributed by atoms with Crippen molar-refractivity contribution in [3.8, 4) is 0 Å². The zero-order valence-electron chi connectivity index (χ0n) is 18.3. The maximum atomic E-state index is 13.1. The number of likely N-dealkylation sites (N-methyl/N-ethyl adjacent to an activating group) is 1. The zero-order valence-corrected chi connectivity index (χ0v) is 18.3. The van der Waals surface area contributed by atoms with Crippen LogP contribution in [0.2, 0.25) is 0 Å². The monoisotopic (exact) mass is 404 g/mol. The fourth-order valence-corrected chi connectivity index (χ4v) is 4.22. The van der Waals surface area contributed by atoms with E-state index in [2.05, 4.69) is 43.8 Å². The topological polar surface area (TPSA) is 37.4 Å². The van der Waals surface area contributed by atoms with E-state index in [1.54, 1.807) is 0 Å². The van der Waals surface area contributed by atoms with E-state index in [4.69, 9.17) is 0 Å². The first-order valence-electron chi connectivity index (χ1n) is 11.0. The van der Waals surface area contributed by atoms with Crippen LogP contribution < -0.4 is 10.2 Å². The van der Waals surface area contributed by atoms with E-state index in [0.717, 1.165) is 57.5 Å². The predicted octanol–water partition coefficient (Wildman–Crippen LogP) is 1.80. The summed E-state index contributed by atoms with van der Waals surface area (Å²) in [7, 11) is 1.86. The molecule has 6 nitrogen and oxygen atoms in total. The summed E-state index contributed by atoms with van der Waals surface area (Å²) in [5.41, 5.74) is 1.09. The van der Waals surface area contributed by atoms with Crippen LogP contribution in [0.15, 0.2) is 29.3 Å². The summed E-state index contributed by atoms with van der Waals surface area (Å²) in [5, 5.41) is 3.58. The highest BCUT2D eigenvalue weighted by Crippen LogP contribution is 2.17. The third kappa shape index (κ3) is 6.31. The molecule has 3 rings (SSSR count). The number of aliphatic imine (C=N–C) groups is 1. The molecule has 7 heteroatoms. The quantitative estimate of drug-likeness (QED) is 0.578. The number of hydrogen-bond acceptors (Lipinski definition) is 4. The zero-order chi connectivity index (χ0) is 20.6. The van der Waals surface area contributed by atoms with Crippen LogP contribution in [0.4, 0.5) is 10.1 Å². The Morgan fingerprint density at radius 1 is 1.00 bits per heavy atom. The van der Waals surface area contributed by atoms with Crippen LogP contribution in [0.5, 0.6) is 0 Å². The number of anilines is 1. The van der Waals surface area contributed by atoms with Gasteiger partial charge in [0.2, 0.25) is 0 Å². The van der Waals surface area contributed by atoms with Crippen molar-refractivity contribution in [3.05, 3.63) is 30.1 Å². The van der Waals surface area contributed by atoms with Gasteiger partial charge in [-0.15, -0.1) is 0 Å². The highest BCUT2D eigenvalue weighted by atomic mass is 19.1. The molecule has 2 aliphatic rings. The van der Waals surface area contributed by atoms with E-state index in [1.807, 2.05) is 19.2 Å². The molecule has 0 aromatic heterocycles. The molecule has 1 aromatic carbocycles. The minimum absolute atomic E-state index is 0.182. The number of nitrogens with zero attached hydrogens (tertiary/aromatic N) is 5. The van der Waals surface area contributed by atoms with Crippen LogP contribution in [-0.4, -0.2) is 99.7 Å². The normalized spacial score (nSPS) is 20.8. The van der Waals surface area contributed by atoms with Crippen LogP contribution >= 0.6 is 0 Å². The van der Waals surface area contributed by atoms with Crippen molar-refractivity contribution in [2.24, 2.45) is 10.9 Å². The molecule has 2 aliphatic heterocycles. The summed E-state index contributed by atoms with van der Waals surface area (Å²) in [4.78, 5) is 14.2. The molecule has 2 heterocycles. The second-order valence-corrected chi connectivity index (χ2v) is 8.22. The molecular formula is C22H37FN6. The van der Waals surface area contributed by atoms with Crippen molar-refractivity contribution in [2.45, 2.75) is 13.8 Å². The molecular weight excluding hydrogens is 367 g/mol. The fourth-order valence-electron chi connectivity index (χ4n) is 4.22. The summed E-state index contributed by atoms with van der Waals surface area (Å²) in [6.07, 6.45) is 0. The van der Waals surface area contributed by atoms with Gasteiger partial charge in [-0.2, -0.15) is 0 Å². The summed E-state index contributed by atoms with van der Waals surface area (Å²) in [6.45, 7) is 16.2. The molecule has 162 valence electrons. The third-order valence-corrected chi connectivity index (χ3v) is 6.07. The lowest BCUT2D eigenvalue weighted by Crippen LogP contribution is -2.53. The summed E-state index contributed by atoms with van der Waals surface area (Å²) in [6, 6.07) is 6.79. The molecule has 0 amide bonds. The van der Waals surface area contributed by atoms with Gasteiger partial charge in [0.25, 0.3) is 0 Å². The van der Waals surface area contributed by atoms with Crippen molar-refractivity contribution in [1.29, 1.82) is 0 Å². The van der Waals surface area contributed by atoms with Crippen molar-refractivity contribution < 1.29 is 4.39 Å². The maximum absolute atomic E-state index is 13.1. The lowest BCUT2D eigenvalue weighted by molar-refractivity contribution is 0.124. The van der Waals surface area contributed by atoms with Gasteiger partial charge in [0.1, 0.15) is 5.82 Å². The second kappa shape index (κ2) is 10.8. The Balaban J connectivity index is 1.40. The summed E-state index contributed by atoms with van der Waals surface area (Å²) in [5.74, 6) is 1.39. The van der Waals surface area contributed by atoms with Crippen LogP contribution in [0.25, 0.3) is 0 Å². The van der Waals surface area contributed by atoms with Gasteiger partial charge in [-0.05, 0) is 36.7 Å². The molecule has 2 fully saturated rings. The molecule has 1 unspecified atom stereocenters. The molecule has 1 aromatic rings. The SMILES string of the molecule is CCN1CCN(CC(C)CNC(=NC)N2CCN(c3ccc(F)cc3)CC2)CC1. The largest absolute Gasteiger partial charge is 0.368 e. The molecule has 0 bridgehead atoms. The van der Waals surface area contributed by atoms with Crippen LogP contribution in [0.3, 0.4) is 0 Å². The highest BCUT2D eigenvalue weighted by molar-refractivity contribution is 5.80. The minimum atomic E-state index is -0.182. The lowest BCUT2D eigenvalue weighted by Gasteiger charge is -2.38. The smallest absolute Gasteiger partial charge is 0.193 e. The molecule has 0 aliphatic carbocycles. The first-order chi connectivity index (χ1) is 14.1. The van der Waals surface area contributed by atoms with Gasteiger partial charge >= 0.3 is 0 Å². The molecule has 0 saturated carbocycles. The maximum Gasteiger partial charge on any atom is 0.193 e. The average Bonchev–Trinajstić information content (AvgIpc) is 2.76. The summed E-state index contributed by atoms with van der Waals surface area (Å²) >= 11 is 0. The third-order valence-electron chi connectivity index (χ3n) is 6.07. The Bertz CT molecular complexity index is 633. The predicted molar refractivity (Wildman–Crippen MR) is 119 cm³/mol. The molecule has 0 spiro atoms. The van der Waals surface area contributed by atoms with E-state index >= 15 is 0 Å². The Labute approximate surface area is 175 Å². The fraction of sp³-hybridized carbons (Fsp3) is 0.682. The van der Waals surface area contributed by atoms with Crippen molar-refractivity contribution in [2.75, 3.05) is 83.9 Å². The number of benzene rings is 1. The summed E-state index contributed by atoms with van der Waals surface area (Å²) < 4.78 is 13.1. The van der Waals surface area contributed by atoms with Gasteiger partial charge in [-0.3, -0.25) is 4.99 Å².